The first-order valence-electron chi connectivity index (χ1n) is 9.27. The lowest BCUT2D eigenvalue weighted by Crippen LogP contribution is -2.46. The third-order valence-corrected chi connectivity index (χ3v) is 5.02. The fraction of sp³-hybridized carbons (Fsp3) is 0.318. The van der Waals surface area contributed by atoms with Gasteiger partial charge >= 0.3 is 0 Å². The van der Waals surface area contributed by atoms with Crippen LogP contribution in [-0.2, 0) is 0 Å². The summed E-state index contributed by atoms with van der Waals surface area (Å²) in [7, 11) is 0. The van der Waals surface area contributed by atoms with E-state index >= 15 is 0 Å². The maximum Gasteiger partial charge on any atom is 0.129 e. The second-order valence-electron chi connectivity index (χ2n) is 6.74. The molecule has 1 aromatic heterocycles. The SMILES string of the molecule is CCCN1CCN(c2cc(-c3ccccc3)c3ccccc3n2)CC1. The number of rotatable bonds is 4. The molecule has 3 heteroatoms. The van der Waals surface area contributed by atoms with Crippen molar-refractivity contribution in [2.75, 3.05) is 37.6 Å². The Balaban J connectivity index is 1.71. The summed E-state index contributed by atoms with van der Waals surface area (Å²) in [5, 5.41) is 1.22. The number of aromatic nitrogens is 1. The maximum atomic E-state index is 4.96. The lowest BCUT2D eigenvalue weighted by atomic mass is 10.0. The van der Waals surface area contributed by atoms with Gasteiger partial charge < -0.3 is 4.90 Å². The second kappa shape index (κ2) is 7.24. The molecule has 0 unspecified atom stereocenters. The van der Waals surface area contributed by atoms with Gasteiger partial charge in [0.25, 0.3) is 0 Å². The number of nitrogens with zero attached hydrogens (tertiary/aromatic N) is 3. The van der Waals surface area contributed by atoms with E-state index in [1.807, 2.05) is 0 Å². The summed E-state index contributed by atoms with van der Waals surface area (Å²) >= 11 is 0. The third kappa shape index (κ3) is 3.38. The second-order valence-corrected chi connectivity index (χ2v) is 6.74. The summed E-state index contributed by atoms with van der Waals surface area (Å²) in [6, 6.07) is 21.4. The Bertz CT molecular complexity index is 836. The van der Waals surface area contributed by atoms with Crippen LogP contribution in [0.3, 0.4) is 0 Å². The van der Waals surface area contributed by atoms with E-state index in [2.05, 4.69) is 77.4 Å². The molecule has 0 atom stereocenters. The van der Waals surface area contributed by atoms with Gasteiger partial charge in [-0.2, -0.15) is 0 Å². The Morgan fingerprint density at radius 2 is 1.60 bits per heavy atom. The highest BCUT2D eigenvalue weighted by Gasteiger charge is 2.19. The maximum absolute atomic E-state index is 4.96. The molecule has 1 aliphatic rings. The zero-order valence-electron chi connectivity index (χ0n) is 14.9. The molecule has 3 nitrogen and oxygen atoms in total. The van der Waals surface area contributed by atoms with E-state index in [0.29, 0.717) is 0 Å². The standard InChI is InChI=1S/C22H25N3/c1-2-12-24-13-15-25(16-14-24)22-17-20(18-8-4-3-5-9-18)19-10-6-7-11-21(19)23-22/h3-11,17H,2,12-16H2,1H3. The van der Waals surface area contributed by atoms with Crippen LogP contribution < -0.4 is 4.90 Å². The third-order valence-electron chi connectivity index (χ3n) is 5.02. The number of para-hydroxylation sites is 1. The number of hydrogen-bond acceptors (Lipinski definition) is 3. The molecule has 0 aliphatic carbocycles. The fourth-order valence-corrected chi connectivity index (χ4v) is 3.70. The highest BCUT2D eigenvalue weighted by molar-refractivity contribution is 5.96. The molecule has 0 saturated carbocycles. The molecule has 0 spiro atoms. The molecule has 3 aromatic rings. The van der Waals surface area contributed by atoms with E-state index in [0.717, 1.165) is 37.5 Å². The Morgan fingerprint density at radius 1 is 0.880 bits per heavy atom. The van der Waals surface area contributed by atoms with Gasteiger partial charge in [-0.3, -0.25) is 4.90 Å². The highest BCUT2D eigenvalue weighted by Crippen LogP contribution is 2.31. The Morgan fingerprint density at radius 3 is 2.36 bits per heavy atom. The molecule has 0 bridgehead atoms. The summed E-state index contributed by atoms with van der Waals surface area (Å²) in [4.78, 5) is 9.95. The predicted molar refractivity (Wildman–Crippen MR) is 106 cm³/mol. The molecule has 0 amide bonds. The molecule has 2 heterocycles. The van der Waals surface area contributed by atoms with Crippen LogP contribution in [0.4, 0.5) is 5.82 Å². The Labute approximate surface area is 149 Å². The van der Waals surface area contributed by atoms with Crippen molar-refractivity contribution < 1.29 is 0 Å². The van der Waals surface area contributed by atoms with Crippen molar-refractivity contribution in [3.8, 4) is 11.1 Å². The summed E-state index contributed by atoms with van der Waals surface area (Å²) in [5.74, 6) is 1.11. The van der Waals surface area contributed by atoms with Crippen molar-refractivity contribution in [3.05, 3.63) is 60.7 Å². The van der Waals surface area contributed by atoms with Gasteiger partial charge in [-0.15, -0.1) is 0 Å². The molecule has 25 heavy (non-hydrogen) atoms. The number of hydrogen-bond donors (Lipinski definition) is 0. The molecule has 0 radical (unpaired) electrons. The van der Waals surface area contributed by atoms with Gasteiger partial charge in [0.05, 0.1) is 5.52 Å². The van der Waals surface area contributed by atoms with Gasteiger partial charge in [0, 0.05) is 31.6 Å². The summed E-state index contributed by atoms with van der Waals surface area (Å²) < 4.78 is 0. The van der Waals surface area contributed by atoms with Gasteiger partial charge in [-0.1, -0.05) is 55.5 Å². The molecule has 4 rings (SSSR count). The average Bonchev–Trinajstić information content (AvgIpc) is 2.69. The average molecular weight is 331 g/mol. The molecule has 2 aromatic carbocycles. The highest BCUT2D eigenvalue weighted by atomic mass is 15.3. The van der Waals surface area contributed by atoms with Crippen LogP contribution in [0.2, 0.25) is 0 Å². The van der Waals surface area contributed by atoms with E-state index in [-0.39, 0.29) is 0 Å². The topological polar surface area (TPSA) is 19.4 Å². The largest absolute Gasteiger partial charge is 0.354 e. The van der Waals surface area contributed by atoms with Crippen LogP contribution in [0, 0.1) is 0 Å². The molecular weight excluding hydrogens is 306 g/mol. The van der Waals surface area contributed by atoms with Crippen LogP contribution in [-0.4, -0.2) is 42.6 Å². The fourth-order valence-electron chi connectivity index (χ4n) is 3.70. The van der Waals surface area contributed by atoms with Crippen molar-refractivity contribution in [2.45, 2.75) is 13.3 Å². The van der Waals surface area contributed by atoms with Crippen molar-refractivity contribution in [1.82, 2.24) is 9.88 Å². The molecule has 1 fully saturated rings. The molecule has 128 valence electrons. The van der Waals surface area contributed by atoms with E-state index in [9.17, 15) is 0 Å². The zero-order chi connectivity index (χ0) is 17.1. The van der Waals surface area contributed by atoms with Crippen LogP contribution in [0.25, 0.3) is 22.0 Å². The molecule has 1 aliphatic heterocycles. The van der Waals surface area contributed by atoms with E-state index in [1.165, 1.54) is 29.5 Å². The van der Waals surface area contributed by atoms with Crippen molar-refractivity contribution in [1.29, 1.82) is 0 Å². The summed E-state index contributed by atoms with van der Waals surface area (Å²) in [5.41, 5.74) is 3.61. The molecular formula is C22H25N3. The van der Waals surface area contributed by atoms with Crippen LogP contribution in [0.15, 0.2) is 60.7 Å². The first kappa shape index (κ1) is 16.1. The van der Waals surface area contributed by atoms with Crippen molar-refractivity contribution in [3.63, 3.8) is 0 Å². The number of anilines is 1. The van der Waals surface area contributed by atoms with Gasteiger partial charge in [0.2, 0.25) is 0 Å². The number of fused-ring (bicyclic) bond motifs is 1. The Hall–Kier alpha value is -2.39. The van der Waals surface area contributed by atoms with Gasteiger partial charge in [-0.05, 0) is 36.2 Å². The minimum atomic E-state index is 1.06. The van der Waals surface area contributed by atoms with Gasteiger partial charge in [0.15, 0.2) is 0 Å². The minimum Gasteiger partial charge on any atom is -0.354 e. The summed E-state index contributed by atoms with van der Waals surface area (Å²) in [6.45, 7) is 7.82. The van der Waals surface area contributed by atoms with E-state index in [4.69, 9.17) is 4.98 Å². The van der Waals surface area contributed by atoms with Crippen LogP contribution in [0.5, 0.6) is 0 Å². The predicted octanol–water partition coefficient (Wildman–Crippen LogP) is 4.43. The van der Waals surface area contributed by atoms with Crippen LogP contribution in [0.1, 0.15) is 13.3 Å². The van der Waals surface area contributed by atoms with E-state index in [1.54, 1.807) is 0 Å². The molecule has 1 saturated heterocycles. The molecule has 0 N–H and O–H groups in total. The smallest absolute Gasteiger partial charge is 0.129 e. The normalized spacial score (nSPS) is 15.6. The van der Waals surface area contributed by atoms with E-state index < -0.39 is 0 Å². The van der Waals surface area contributed by atoms with Gasteiger partial charge in [0.1, 0.15) is 5.82 Å². The quantitative estimate of drug-likeness (QED) is 0.705. The summed E-state index contributed by atoms with van der Waals surface area (Å²) in [6.07, 6.45) is 1.23. The number of pyridine rings is 1. The first-order valence-corrected chi connectivity index (χ1v) is 9.27. The first-order chi connectivity index (χ1) is 12.3. The van der Waals surface area contributed by atoms with Crippen molar-refractivity contribution in [2.24, 2.45) is 0 Å². The lowest BCUT2D eigenvalue weighted by molar-refractivity contribution is 0.258. The minimum absolute atomic E-state index is 1.06. The number of piperazine rings is 1. The van der Waals surface area contributed by atoms with Crippen molar-refractivity contribution >= 4 is 16.7 Å². The van der Waals surface area contributed by atoms with Crippen LogP contribution >= 0.6 is 0 Å². The van der Waals surface area contributed by atoms with Gasteiger partial charge in [-0.25, -0.2) is 4.98 Å². The lowest BCUT2D eigenvalue weighted by Gasteiger charge is -2.35. The zero-order valence-corrected chi connectivity index (χ0v) is 14.9. The number of benzene rings is 2. The monoisotopic (exact) mass is 331 g/mol. The Kier molecular flexibility index (Phi) is 4.66.